The molecule has 0 aliphatic heterocycles. The molecule has 0 radical (unpaired) electrons. The van der Waals surface area contributed by atoms with E-state index in [9.17, 15) is 4.79 Å². The number of hydrogen-bond donors (Lipinski definition) is 3. The number of nitrogens with one attached hydrogen (secondary N) is 2. The number of hydrogen-bond acceptors (Lipinski definition) is 4. The third-order valence-corrected chi connectivity index (χ3v) is 2.24. The van der Waals surface area contributed by atoms with E-state index in [1.165, 1.54) is 0 Å². The first kappa shape index (κ1) is 15.0. The van der Waals surface area contributed by atoms with Crippen LogP contribution in [0.2, 0.25) is 0 Å². The molecule has 1 aromatic rings. The molecule has 6 nitrogen and oxygen atoms in total. The molecule has 0 heterocycles. The molecule has 19 heavy (non-hydrogen) atoms. The van der Waals surface area contributed by atoms with E-state index in [1.54, 1.807) is 24.3 Å². The number of ether oxygens (including phenoxy) is 1. The molecule has 0 atom stereocenters. The van der Waals surface area contributed by atoms with Crippen molar-refractivity contribution >= 4 is 11.7 Å². The van der Waals surface area contributed by atoms with Crippen molar-refractivity contribution in [3.05, 3.63) is 29.8 Å². The van der Waals surface area contributed by atoms with Crippen LogP contribution in [-0.2, 0) is 4.74 Å². The van der Waals surface area contributed by atoms with Crippen molar-refractivity contribution in [1.29, 1.82) is 5.26 Å². The summed E-state index contributed by atoms with van der Waals surface area (Å²) in [5, 5.41) is 22.5. The lowest BCUT2D eigenvalue weighted by atomic mass is 10.2. The molecule has 1 rings (SSSR count). The van der Waals surface area contributed by atoms with Crippen molar-refractivity contribution in [3.63, 3.8) is 0 Å². The van der Waals surface area contributed by atoms with Gasteiger partial charge in [0.2, 0.25) is 0 Å². The average Bonchev–Trinajstić information content (AvgIpc) is 2.43. The van der Waals surface area contributed by atoms with Gasteiger partial charge in [-0.2, -0.15) is 5.26 Å². The van der Waals surface area contributed by atoms with Crippen molar-refractivity contribution in [2.75, 3.05) is 31.7 Å². The third-order valence-electron chi connectivity index (χ3n) is 2.24. The van der Waals surface area contributed by atoms with Crippen LogP contribution < -0.4 is 10.6 Å². The Morgan fingerprint density at radius 3 is 3.00 bits per heavy atom. The zero-order valence-corrected chi connectivity index (χ0v) is 10.6. The van der Waals surface area contributed by atoms with Crippen LogP contribution in [0.3, 0.4) is 0 Å². The van der Waals surface area contributed by atoms with Gasteiger partial charge in [0.05, 0.1) is 24.8 Å². The zero-order valence-electron chi connectivity index (χ0n) is 10.6. The average molecular weight is 263 g/mol. The van der Waals surface area contributed by atoms with Crippen molar-refractivity contribution in [1.82, 2.24) is 5.32 Å². The number of benzene rings is 1. The van der Waals surface area contributed by atoms with Crippen LogP contribution >= 0.6 is 0 Å². The molecular formula is C13H17N3O3. The Bertz CT molecular complexity index is 443. The second-order valence-corrected chi connectivity index (χ2v) is 3.76. The van der Waals surface area contributed by atoms with Gasteiger partial charge >= 0.3 is 6.03 Å². The van der Waals surface area contributed by atoms with Crippen LogP contribution in [0.1, 0.15) is 12.0 Å². The Balaban J connectivity index is 2.22. The molecule has 0 aliphatic carbocycles. The lowest BCUT2D eigenvalue weighted by Crippen LogP contribution is -2.30. The Morgan fingerprint density at radius 1 is 1.42 bits per heavy atom. The minimum absolute atomic E-state index is 0.00312. The summed E-state index contributed by atoms with van der Waals surface area (Å²) in [6.07, 6.45) is 0.672. The molecule has 0 aromatic heterocycles. The fourth-order valence-corrected chi connectivity index (χ4v) is 1.38. The second-order valence-electron chi connectivity index (χ2n) is 3.76. The Morgan fingerprint density at radius 2 is 2.26 bits per heavy atom. The van der Waals surface area contributed by atoms with Gasteiger partial charge in [-0.3, -0.25) is 0 Å². The van der Waals surface area contributed by atoms with E-state index in [2.05, 4.69) is 10.6 Å². The van der Waals surface area contributed by atoms with Crippen molar-refractivity contribution in [3.8, 4) is 6.07 Å². The van der Waals surface area contributed by atoms with Crippen LogP contribution in [-0.4, -0.2) is 37.5 Å². The lowest BCUT2D eigenvalue weighted by molar-refractivity contribution is 0.0910. The minimum Gasteiger partial charge on any atom is -0.394 e. The van der Waals surface area contributed by atoms with E-state index >= 15 is 0 Å². The van der Waals surface area contributed by atoms with Crippen LogP contribution in [0, 0.1) is 11.3 Å². The number of urea groups is 1. The summed E-state index contributed by atoms with van der Waals surface area (Å²) in [5.41, 5.74) is 1.07. The molecule has 6 heteroatoms. The highest BCUT2D eigenvalue weighted by Crippen LogP contribution is 2.09. The summed E-state index contributed by atoms with van der Waals surface area (Å²) in [6.45, 7) is 1.29. The van der Waals surface area contributed by atoms with Gasteiger partial charge in [0.15, 0.2) is 0 Å². The number of anilines is 1. The Labute approximate surface area is 112 Å². The van der Waals surface area contributed by atoms with Crippen molar-refractivity contribution < 1.29 is 14.6 Å². The number of carbonyl (C=O) groups excluding carboxylic acids is 1. The molecule has 2 amide bonds. The number of carbonyl (C=O) groups is 1. The van der Waals surface area contributed by atoms with E-state index in [0.29, 0.717) is 37.4 Å². The topological polar surface area (TPSA) is 94.4 Å². The summed E-state index contributed by atoms with van der Waals surface area (Å²) in [7, 11) is 0. The molecule has 0 aliphatic rings. The first-order valence-corrected chi connectivity index (χ1v) is 6.00. The smallest absolute Gasteiger partial charge is 0.319 e. The number of rotatable bonds is 7. The highest BCUT2D eigenvalue weighted by molar-refractivity contribution is 5.89. The Kier molecular flexibility index (Phi) is 7.02. The maximum absolute atomic E-state index is 11.5. The number of aliphatic hydroxyl groups is 1. The second kappa shape index (κ2) is 8.91. The first-order valence-electron chi connectivity index (χ1n) is 6.00. The predicted octanol–water partition coefficient (Wildman–Crippen LogP) is 1.08. The van der Waals surface area contributed by atoms with Gasteiger partial charge < -0.3 is 20.5 Å². The molecule has 0 unspecified atom stereocenters. The summed E-state index contributed by atoms with van der Waals surface area (Å²) in [6, 6.07) is 8.37. The minimum atomic E-state index is -0.322. The highest BCUT2D eigenvalue weighted by atomic mass is 16.5. The molecule has 0 fully saturated rings. The summed E-state index contributed by atoms with van der Waals surface area (Å²) in [4.78, 5) is 11.5. The van der Waals surface area contributed by atoms with Crippen molar-refractivity contribution in [2.24, 2.45) is 0 Å². The van der Waals surface area contributed by atoms with Gasteiger partial charge in [0.1, 0.15) is 0 Å². The van der Waals surface area contributed by atoms with Crippen LogP contribution in [0.25, 0.3) is 0 Å². The SMILES string of the molecule is N#Cc1cccc(NC(=O)NCCCOCCO)c1. The van der Waals surface area contributed by atoms with Gasteiger partial charge in [-0.1, -0.05) is 6.07 Å². The molecule has 0 spiro atoms. The molecular weight excluding hydrogens is 246 g/mol. The monoisotopic (exact) mass is 263 g/mol. The van der Waals surface area contributed by atoms with Crippen LogP contribution in [0.15, 0.2) is 24.3 Å². The molecule has 0 saturated heterocycles. The summed E-state index contributed by atoms with van der Waals surface area (Å²) >= 11 is 0. The number of amides is 2. The van der Waals surface area contributed by atoms with Crippen LogP contribution in [0.4, 0.5) is 10.5 Å². The largest absolute Gasteiger partial charge is 0.394 e. The maximum Gasteiger partial charge on any atom is 0.319 e. The maximum atomic E-state index is 11.5. The zero-order chi connectivity index (χ0) is 13.9. The van der Waals surface area contributed by atoms with E-state index < -0.39 is 0 Å². The third kappa shape index (κ3) is 6.41. The predicted molar refractivity (Wildman–Crippen MR) is 70.7 cm³/mol. The van der Waals surface area contributed by atoms with Gasteiger partial charge in [0, 0.05) is 18.8 Å². The quantitative estimate of drug-likeness (QED) is 0.641. The standard InChI is InChI=1S/C13H17N3O3/c14-10-11-3-1-4-12(9-11)16-13(18)15-5-2-7-19-8-6-17/h1,3-4,9,17H,2,5-8H2,(H2,15,16,18). The van der Waals surface area contributed by atoms with E-state index in [-0.39, 0.29) is 12.6 Å². The van der Waals surface area contributed by atoms with Gasteiger partial charge in [0.25, 0.3) is 0 Å². The molecule has 1 aromatic carbocycles. The Hall–Kier alpha value is -2.10. The first-order chi connectivity index (χ1) is 9.26. The molecule has 0 saturated carbocycles. The highest BCUT2D eigenvalue weighted by Gasteiger charge is 2.01. The van der Waals surface area contributed by atoms with Gasteiger partial charge in [-0.15, -0.1) is 0 Å². The fourth-order valence-electron chi connectivity index (χ4n) is 1.38. The van der Waals surface area contributed by atoms with Gasteiger partial charge in [-0.05, 0) is 24.6 Å². The van der Waals surface area contributed by atoms with Gasteiger partial charge in [-0.25, -0.2) is 4.79 Å². The molecule has 3 N–H and O–H groups in total. The van der Waals surface area contributed by atoms with Crippen molar-refractivity contribution in [2.45, 2.75) is 6.42 Å². The van der Waals surface area contributed by atoms with Crippen LogP contribution in [0.5, 0.6) is 0 Å². The molecule has 102 valence electrons. The number of aliphatic hydroxyl groups excluding tert-OH is 1. The fraction of sp³-hybridized carbons (Fsp3) is 0.385. The van der Waals surface area contributed by atoms with E-state index in [1.807, 2.05) is 6.07 Å². The molecule has 0 bridgehead atoms. The lowest BCUT2D eigenvalue weighted by Gasteiger charge is -2.07. The number of nitrogens with zero attached hydrogens (tertiary/aromatic N) is 1. The van der Waals surface area contributed by atoms with E-state index in [0.717, 1.165) is 0 Å². The normalized spacial score (nSPS) is 9.68. The van der Waals surface area contributed by atoms with E-state index in [4.69, 9.17) is 15.1 Å². The number of nitriles is 1. The summed E-state index contributed by atoms with van der Waals surface area (Å²) < 4.78 is 5.06. The summed E-state index contributed by atoms with van der Waals surface area (Å²) in [5.74, 6) is 0.